The fourth-order valence-electron chi connectivity index (χ4n) is 10.6. The first-order chi connectivity index (χ1) is 33.7. The van der Waals surface area contributed by atoms with E-state index in [9.17, 15) is 0 Å². The van der Waals surface area contributed by atoms with Gasteiger partial charge in [-0.2, -0.15) is 0 Å². The molecule has 13 rings (SSSR count). The molecule has 1 heterocycles. The predicted molar refractivity (Wildman–Crippen MR) is 290 cm³/mol. The predicted octanol–water partition coefficient (Wildman–Crippen LogP) is 18.4. The largest absolute Gasteiger partial charge is 0.311 e. The van der Waals surface area contributed by atoms with Crippen LogP contribution in [0.5, 0.6) is 0 Å². The van der Waals surface area contributed by atoms with E-state index >= 15 is 0 Å². The molecule has 0 spiro atoms. The van der Waals surface area contributed by atoms with E-state index in [2.05, 4.69) is 276 Å². The highest BCUT2D eigenvalue weighted by molar-refractivity contribution is 6.14. The second-order valence-electron chi connectivity index (χ2n) is 17.7. The van der Waals surface area contributed by atoms with E-state index in [1.165, 1.54) is 98.6 Å². The Bertz CT molecular complexity index is 3940. The van der Waals surface area contributed by atoms with Crippen molar-refractivity contribution in [3.05, 3.63) is 267 Å². The first kappa shape index (κ1) is 39.4. The summed E-state index contributed by atoms with van der Waals surface area (Å²) in [6.07, 6.45) is 0. The van der Waals surface area contributed by atoms with Gasteiger partial charge in [0.15, 0.2) is 0 Å². The lowest BCUT2D eigenvalue weighted by Crippen LogP contribution is -2.10. The van der Waals surface area contributed by atoms with Gasteiger partial charge in [-0.3, -0.25) is 0 Å². The molecule has 0 amide bonds. The third kappa shape index (κ3) is 6.73. The van der Waals surface area contributed by atoms with Crippen LogP contribution in [-0.4, -0.2) is 4.57 Å². The van der Waals surface area contributed by atoms with E-state index < -0.39 is 0 Å². The second-order valence-corrected chi connectivity index (χ2v) is 17.7. The number of hydrogen-bond donors (Lipinski definition) is 0. The summed E-state index contributed by atoms with van der Waals surface area (Å²) in [5.74, 6) is 0. The van der Waals surface area contributed by atoms with Crippen molar-refractivity contribution in [2.24, 2.45) is 0 Å². The summed E-state index contributed by atoms with van der Waals surface area (Å²) in [6, 6.07) is 97.4. The van der Waals surface area contributed by atoms with Gasteiger partial charge in [0.2, 0.25) is 0 Å². The average Bonchev–Trinajstić information content (AvgIpc) is 3.75. The van der Waals surface area contributed by atoms with Gasteiger partial charge < -0.3 is 9.47 Å². The van der Waals surface area contributed by atoms with Crippen molar-refractivity contribution < 1.29 is 0 Å². The van der Waals surface area contributed by atoms with E-state index in [1.54, 1.807) is 0 Å². The zero-order valence-corrected chi connectivity index (χ0v) is 37.3. The molecule has 1 aromatic heterocycles. The highest BCUT2D eigenvalue weighted by Crippen LogP contribution is 2.42. The van der Waals surface area contributed by atoms with Crippen LogP contribution in [0.2, 0.25) is 0 Å². The van der Waals surface area contributed by atoms with Crippen molar-refractivity contribution in [2.45, 2.75) is 0 Å². The van der Waals surface area contributed by atoms with Crippen LogP contribution in [0.15, 0.2) is 267 Å². The SMILES string of the molecule is c1ccc(-c2cccc3cccc(-c4ccc(N(c5ccc(-c6cccc(-c7cc8ccccc8c8ccccc78)c6)cc5)c5ccc(-n6c7ccccc7c7ccccc76)cc5)cc4)c23)cc1. The van der Waals surface area contributed by atoms with Crippen LogP contribution in [0.1, 0.15) is 0 Å². The standard InChI is InChI=1S/C66H44N2/c1-2-15-46(16-3-1)57-27-13-18-48-19-14-28-58(66(48)57)47-33-37-53(38-34-47)67(54-39-41-55(42-40-54)68-64-29-10-8-25-61(64)62-26-9-11-30-65(62)68)52-35-31-45(32-36-52)49-20-12-21-50(43-49)63-44-51-17-4-5-22-56(51)59-23-6-7-24-60(59)63/h1-44H. The van der Waals surface area contributed by atoms with Gasteiger partial charge >= 0.3 is 0 Å². The van der Waals surface area contributed by atoms with Crippen LogP contribution >= 0.6 is 0 Å². The molecule has 0 saturated carbocycles. The smallest absolute Gasteiger partial charge is 0.0541 e. The Morgan fingerprint density at radius 2 is 0.706 bits per heavy atom. The van der Waals surface area contributed by atoms with Gasteiger partial charge in [0.1, 0.15) is 0 Å². The van der Waals surface area contributed by atoms with E-state index in [1.807, 2.05) is 0 Å². The molecule has 68 heavy (non-hydrogen) atoms. The Morgan fingerprint density at radius 3 is 1.35 bits per heavy atom. The van der Waals surface area contributed by atoms with Gasteiger partial charge in [-0.1, -0.05) is 194 Å². The molecule has 0 N–H and O–H groups in total. The maximum Gasteiger partial charge on any atom is 0.0541 e. The Hall–Kier alpha value is -8.98. The molecule has 0 bridgehead atoms. The average molecular weight is 865 g/mol. The summed E-state index contributed by atoms with van der Waals surface area (Å²) < 4.78 is 2.38. The molecule has 0 saturated heterocycles. The number of aromatic nitrogens is 1. The van der Waals surface area contributed by atoms with Gasteiger partial charge in [0, 0.05) is 33.5 Å². The molecule has 0 unspecified atom stereocenters. The van der Waals surface area contributed by atoms with Crippen molar-refractivity contribution in [3.8, 4) is 50.2 Å². The highest BCUT2D eigenvalue weighted by atomic mass is 15.1. The molecule has 318 valence electrons. The Balaban J connectivity index is 0.904. The lowest BCUT2D eigenvalue weighted by Gasteiger charge is -2.26. The molecule has 0 aliphatic rings. The zero-order valence-electron chi connectivity index (χ0n) is 37.3. The topological polar surface area (TPSA) is 8.17 Å². The fourth-order valence-corrected chi connectivity index (χ4v) is 10.6. The van der Waals surface area contributed by atoms with Gasteiger partial charge in [0.05, 0.1) is 11.0 Å². The Morgan fingerprint density at radius 1 is 0.250 bits per heavy atom. The summed E-state index contributed by atoms with van der Waals surface area (Å²) in [5.41, 5.74) is 16.4. The lowest BCUT2D eigenvalue weighted by atomic mass is 9.91. The van der Waals surface area contributed by atoms with Gasteiger partial charge in [0.25, 0.3) is 0 Å². The molecule has 0 aliphatic heterocycles. The Kier molecular flexibility index (Phi) is 9.54. The maximum atomic E-state index is 2.38. The number of fused-ring (bicyclic) bond motifs is 7. The van der Waals surface area contributed by atoms with Crippen molar-refractivity contribution >= 4 is 71.2 Å². The van der Waals surface area contributed by atoms with Crippen LogP contribution in [0.3, 0.4) is 0 Å². The van der Waals surface area contributed by atoms with Gasteiger partial charge in [-0.15, -0.1) is 0 Å². The van der Waals surface area contributed by atoms with Gasteiger partial charge in [-0.25, -0.2) is 0 Å². The number of rotatable bonds is 8. The molecule has 0 fully saturated rings. The van der Waals surface area contributed by atoms with Crippen LogP contribution in [-0.2, 0) is 0 Å². The summed E-state index contributed by atoms with van der Waals surface area (Å²) in [6.45, 7) is 0. The third-order valence-electron chi connectivity index (χ3n) is 13.8. The molecule has 2 nitrogen and oxygen atoms in total. The van der Waals surface area contributed by atoms with Crippen LogP contribution < -0.4 is 4.90 Å². The quantitative estimate of drug-likeness (QED) is 0.138. The number of benzene rings is 12. The fraction of sp³-hybridized carbons (Fsp3) is 0. The Labute approximate surface area is 395 Å². The van der Waals surface area contributed by atoms with Crippen molar-refractivity contribution in [1.29, 1.82) is 0 Å². The molecule has 0 atom stereocenters. The maximum absolute atomic E-state index is 2.38. The monoisotopic (exact) mass is 864 g/mol. The summed E-state index contributed by atoms with van der Waals surface area (Å²) in [5, 5.41) is 10.1. The molecule has 0 radical (unpaired) electrons. The molecular weight excluding hydrogens is 821 g/mol. The first-order valence-electron chi connectivity index (χ1n) is 23.4. The van der Waals surface area contributed by atoms with Crippen LogP contribution in [0, 0.1) is 0 Å². The van der Waals surface area contributed by atoms with Crippen molar-refractivity contribution in [2.75, 3.05) is 4.90 Å². The summed E-state index contributed by atoms with van der Waals surface area (Å²) in [7, 11) is 0. The zero-order chi connectivity index (χ0) is 45.0. The van der Waals surface area contributed by atoms with Crippen LogP contribution in [0.4, 0.5) is 17.1 Å². The first-order valence-corrected chi connectivity index (χ1v) is 23.4. The minimum atomic E-state index is 1.08. The second kappa shape index (κ2) is 16.5. The number of hydrogen-bond acceptors (Lipinski definition) is 1. The van der Waals surface area contributed by atoms with Crippen LogP contribution in [0.25, 0.3) is 104 Å². The lowest BCUT2D eigenvalue weighted by molar-refractivity contribution is 1.17. The minimum absolute atomic E-state index is 1.08. The van der Waals surface area contributed by atoms with E-state index in [-0.39, 0.29) is 0 Å². The molecule has 2 heteroatoms. The summed E-state index contributed by atoms with van der Waals surface area (Å²) in [4.78, 5) is 2.37. The summed E-state index contributed by atoms with van der Waals surface area (Å²) >= 11 is 0. The van der Waals surface area contributed by atoms with Crippen molar-refractivity contribution in [3.63, 3.8) is 0 Å². The van der Waals surface area contributed by atoms with E-state index in [0.717, 1.165) is 22.7 Å². The third-order valence-corrected chi connectivity index (χ3v) is 13.8. The van der Waals surface area contributed by atoms with Gasteiger partial charge in [-0.05, 0) is 150 Å². The van der Waals surface area contributed by atoms with E-state index in [0.29, 0.717) is 0 Å². The van der Waals surface area contributed by atoms with E-state index in [4.69, 9.17) is 0 Å². The number of anilines is 3. The van der Waals surface area contributed by atoms with Crippen molar-refractivity contribution in [1.82, 2.24) is 4.57 Å². The number of nitrogens with zero attached hydrogens (tertiary/aromatic N) is 2. The molecule has 0 aliphatic carbocycles. The molecular formula is C66H44N2. The highest BCUT2D eigenvalue weighted by Gasteiger charge is 2.18. The molecule has 12 aromatic carbocycles. The number of para-hydroxylation sites is 2. The normalized spacial score (nSPS) is 11.5. The minimum Gasteiger partial charge on any atom is -0.311 e. The molecule has 13 aromatic rings.